The Bertz CT molecular complexity index is 1270. The first-order chi connectivity index (χ1) is 14.2. The van der Waals surface area contributed by atoms with Gasteiger partial charge in [-0.15, -0.1) is 0 Å². The average Bonchev–Trinajstić information content (AvgIpc) is 2.75. The second-order valence-corrected chi connectivity index (χ2v) is 6.43. The van der Waals surface area contributed by atoms with Crippen LogP contribution in [0.1, 0.15) is 17.3 Å². The number of carbonyl (C=O) groups is 2. The van der Waals surface area contributed by atoms with Crippen LogP contribution in [0.4, 0.5) is 4.39 Å². The van der Waals surface area contributed by atoms with E-state index in [-0.39, 0.29) is 22.3 Å². The third-order valence-electron chi connectivity index (χ3n) is 4.36. The molecule has 10 nitrogen and oxygen atoms in total. The van der Waals surface area contributed by atoms with Gasteiger partial charge in [-0.05, 0) is 25.1 Å². The molecule has 2 aromatic heterocycles. The SMILES string of the molecule is C[C@H](Oc1ccccc1F)C(=O)NNC(=O)c1cnc2c(c1)c(=O)n(C)c(=O)n2C. The second-order valence-electron chi connectivity index (χ2n) is 6.43. The van der Waals surface area contributed by atoms with Crippen molar-refractivity contribution in [3.8, 4) is 5.75 Å². The third kappa shape index (κ3) is 3.90. The number of amides is 2. The summed E-state index contributed by atoms with van der Waals surface area (Å²) in [5.41, 5.74) is 3.29. The molecule has 11 heteroatoms. The molecule has 0 aliphatic rings. The number of fused-ring (bicyclic) bond motifs is 1. The van der Waals surface area contributed by atoms with Gasteiger partial charge < -0.3 is 4.74 Å². The summed E-state index contributed by atoms with van der Waals surface area (Å²) in [5.74, 6) is -2.20. The van der Waals surface area contributed by atoms with E-state index in [1.165, 1.54) is 56.0 Å². The molecule has 2 heterocycles. The van der Waals surface area contributed by atoms with Crippen LogP contribution in [-0.2, 0) is 18.9 Å². The Morgan fingerprint density at radius 2 is 1.83 bits per heavy atom. The molecule has 1 aromatic carbocycles. The molecule has 3 rings (SSSR count). The van der Waals surface area contributed by atoms with Crippen molar-refractivity contribution in [3.63, 3.8) is 0 Å². The highest BCUT2D eigenvalue weighted by Crippen LogP contribution is 2.16. The summed E-state index contributed by atoms with van der Waals surface area (Å²) >= 11 is 0. The summed E-state index contributed by atoms with van der Waals surface area (Å²) < 4.78 is 20.9. The van der Waals surface area contributed by atoms with Gasteiger partial charge in [0.15, 0.2) is 17.7 Å². The predicted molar refractivity (Wildman–Crippen MR) is 104 cm³/mol. The molecule has 0 unspecified atom stereocenters. The van der Waals surface area contributed by atoms with Crippen molar-refractivity contribution in [1.29, 1.82) is 0 Å². The Kier molecular flexibility index (Phi) is 5.63. The molecular weight excluding hydrogens is 397 g/mol. The zero-order valence-corrected chi connectivity index (χ0v) is 16.3. The van der Waals surface area contributed by atoms with E-state index < -0.39 is 35.0 Å². The molecule has 0 aliphatic carbocycles. The van der Waals surface area contributed by atoms with E-state index in [0.29, 0.717) is 0 Å². The Morgan fingerprint density at radius 3 is 2.53 bits per heavy atom. The lowest BCUT2D eigenvalue weighted by molar-refractivity contribution is -0.128. The molecule has 3 aromatic rings. The van der Waals surface area contributed by atoms with Crippen LogP contribution in [0, 0.1) is 5.82 Å². The molecular formula is C19H18FN5O5. The molecule has 0 spiro atoms. The minimum atomic E-state index is -1.10. The Hall–Kier alpha value is -4.02. The maximum Gasteiger partial charge on any atom is 0.332 e. The van der Waals surface area contributed by atoms with Crippen molar-refractivity contribution in [1.82, 2.24) is 25.0 Å². The van der Waals surface area contributed by atoms with Gasteiger partial charge in [0.25, 0.3) is 17.4 Å². The second kappa shape index (κ2) is 8.15. The normalized spacial score (nSPS) is 11.7. The molecule has 0 saturated heterocycles. The van der Waals surface area contributed by atoms with Gasteiger partial charge in [0.2, 0.25) is 0 Å². The van der Waals surface area contributed by atoms with Crippen molar-refractivity contribution < 1.29 is 18.7 Å². The number of rotatable bonds is 4. The molecule has 156 valence electrons. The molecule has 0 saturated carbocycles. The lowest BCUT2D eigenvalue weighted by Crippen LogP contribution is -2.47. The van der Waals surface area contributed by atoms with Gasteiger partial charge in [-0.1, -0.05) is 12.1 Å². The molecule has 0 bridgehead atoms. The molecule has 0 aliphatic heterocycles. The summed E-state index contributed by atoms with van der Waals surface area (Å²) in [5, 5.41) is 0.0647. The smallest absolute Gasteiger partial charge is 0.332 e. The number of aryl methyl sites for hydroxylation is 1. The number of nitrogens with zero attached hydrogens (tertiary/aromatic N) is 3. The van der Waals surface area contributed by atoms with Crippen molar-refractivity contribution in [2.75, 3.05) is 0 Å². The lowest BCUT2D eigenvalue weighted by atomic mass is 10.2. The summed E-state index contributed by atoms with van der Waals surface area (Å²) in [4.78, 5) is 52.7. The number of para-hydroxylation sites is 1. The molecule has 2 N–H and O–H groups in total. The number of pyridine rings is 1. The fraction of sp³-hybridized carbons (Fsp3) is 0.211. The number of carbonyl (C=O) groups excluding carboxylic acids is 2. The number of hydrogen-bond acceptors (Lipinski definition) is 6. The minimum Gasteiger partial charge on any atom is -0.478 e. The standard InChI is InChI=1S/C19H18FN5O5/c1-10(30-14-7-5-4-6-13(14)20)16(26)22-23-17(27)11-8-12-15(21-9-11)24(2)19(29)25(3)18(12)28/h4-10H,1-3H3,(H,22,26)(H,23,27)/t10-/m0/s1. The summed E-state index contributed by atoms with van der Waals surface area (Å²) in [6, 6.07) is 6.86. The third-order valence-corrected chi connectivity index (χ3v) is 4.36. The maximum atomic E-state index is 13.6. The zero-order valence-electron chi connectivity index (χ0n) is 16.3. The summed E-state index contributed by atoms with van der Waals surface area (Å²) in [6.07, 6.45) is 0.0702. The van der Waals surface area contributed by atoms with E-state index in [4.69, 9.17) is 4.74 Å². The number of nitrogens with one attached hydrogen (secondary N) is 2. The largest absolute Gasteiger partial charge is 0.478 e. The van der Waals surface area contributed by atoms with Gasteiger partial charge in [0, 0.05) is 20.3 Å². The Labute approximate surface area is 168 Å². The van der Waals surface area contributed by atoms with Gasteiger partial charge in [-0.2, -0.15) is 0 Å². The highest BCUT2D eigenvalue weighted by atomic mass is 19.1. The van der Waals surface area contributed by atoms with Gasteiger partial charge in [-0.3, -0.25) is 34.4 Å². The number of hydrogen-bond donors (Lipinski definition) is 2. The fourth-order valence-electron chi connectivity index (χ4n) is 2.67. The van der Waals surface area contributed by atoms with Crippen LogP contribution < -0.4 is 26.8 Å². The maximum absolute atomic E-state index is 13.6. The zero-order chi connectivity index (χ0) is 22.0. The topological polar surface area (TPSA) is 124 Å². The summed E-state index contributed by atoms with van der Waals surface area (Å²) in [6.45, 7) is 1.38. The van der Waals surface area contributed by atoms with E-state index >= 15 is 0 Å². The van der Waals surface area contributed by atoms with Crippen LogP contribution in [0.3, 0.4) is 0 Å². The lowest BCUT2D eigenvalue weighted by Gasteiger charge is -2.15. The average molecular weight is 415 g/mol. The molecule has 1 atom stereocenters. The van der Waals surface area contributed by atoms with E-state index in [1.807, 2.05) is 0 Å². The van der Waals surface area contributed by atoms with Crippen molar-refractivity contribution >= 4 is 22.8 Å². The van der Waals surface area contributed by atoms with Crippen LogP contribution in [0.25, 0.3) is 11.0 Å². The Morgan fingerprint density at radius 1 is 1.13 bits per heavy atom. The van der Waals surface area contributed by atoms with Gasteiger partial charge >= 0.3 is 5.69 Å². The highest BCUT2D eigenvalue weighted by molar-refractivity contribution is 5.97. The molecule has 0 radical (unpaired) electrons. The number of benzene rings is 1. The van der Waals surface area contributed by atoms with Gasteiger partial charge in [0.05, 0.1) is 10.9 Å². The Balaban J connectivity index is 1.72. The van der Waals surface area contributed by atoms with Crippen molar-refractivity contribution in [3.05, 3.63) is 68.7 Å². The van der Waals surface area contributed by atoms with E-state index in [2.05, 4.69) is 15.8 Å². The van der Waals surface area contributed by atoms with E-state index in [9.17, 15) is 23.6 Å². The quantitative estimate of drug-likeness (QED) is 0.578. The number of halogens is 1. The van der Waals surface area contributed by atoms with Crippen molar-refractivity contribution in [2.24, 2.45) is 14.1 Å². The molecule has 30 heavy (non-hydrogen) atoms. The minimum absolute atomic E-state index is 0.0128. The first-order valence-corrected chi connectivity index (χ1v) is 8.78. The summed E-state index contributed by atoms with van der Waals surface area (Å²) in [7, 11) is 2.77. The van der Waals surface area contributed by atoms with Crippen LogP contribution in [0.2, 0.25) is 0 Å². The van der Waals surface area contributed by atoms with Crippen LogP contribution in [0.15, 0.2) is 46.1 Å². The number of hydrazine groups is 1. The van der Waals surface area contributed by atoms with E-state index in [1.54, 1.807) is 6.07 Å². The number of aromatic nitrogens is 3. The van der Waals surface area contributed by atoms with Gasteiger partial charge in [-0.25, -0.2) is 14.2 Å². The number of ether oxygens (including phenoxy) is 1. The predicted octanol–water partition coefficient (Wildman–Crippen LogP) is -0.000200. The van der Waals surface area contributed by atoms with Crippen LogP contribution in [0.5, 0.6) is 5.75 Å². The first-order valence-electron chi connectivity index (χ1n) is 8.78. The fourth-order valence-corrected chi connectivity index (χ4v) is 2.67. The molecule has 0 fully saturated rings. The van der Waals surface area contributed by atoms with Crippen LogP contribution >= 0.6 is 0 Å². The van der Waals surface area contributed by atoms with Crippen LogP contribution in [-0.4, -0.2) is 32.0 Å². The first kappa shape index (κ1) is 20.7. The molecule has 2 amide bonds. The monoisotopic (exact) mass is 415 g/mol. The highest BCUT2D eigenvalue weighted by Gasteiger charge is 2.18. The van der Waals surface area contributed by atoms with Gasteiger partial charge in [0.1, 0.15) is 5.65 Å². The van der Waals surface area contributed by atoms with Crippen molar-refractivity contribution in [2.45, 2.75) is 13.0 Å². The van der Waals surface area contributed by atoms with E-state index in [0.717, 1.165) is 4.57 Å².